The van der Waals surface area contributed by atoms with Gasteiger partial charge in [0.25, 0.3) is 0 Å². The van der Waals surface area contributed by atoms with Crippen LogP contribution in [0.25, 0.3) is 0 Å². The number of nitrogens with one attached hydrogen (secondary N) is 1. The van der Waals surface area contributed by atoms with Crippen molar-refractivity contribution in [2.24, 2.45) is 0 Å². The molecule has 1 aliphatic rings. The summed E-state index contributed by atoms with van der Waals surface area (Å²) < 4.78 is 12.6. The second kappa shape index (κ2) is 8.40. The van der Waals surface area contributed by atoms with Gasteiger partial charge in [-0.15, -0.1) is 0 Å². The van der Waals surface area contributed by atoms with Crippen LogP contribution in [0.3, 0.4) is 0 Å². The third-order valence-corrected chi connectivity index (χ3v) is 4.19. The Morgan fingerprint density at radius 2 is 2.07 bits per heavy atom. The molecule has 144 valence electrons. The van der Waals surface area contributed by atoms with Gasteiger partial charge in [-0.1, -0.05) is 30.3 Å². The lowest BCUT2D eigenvalue weighted by molar-refractivity contribution is -0.114. The van der Waals surface area contributed by atoms with Crippen molar-refractivity contribution in [2.75, 3.05) is 11.9 Å². The molecule has 1 fully saturated rings. The molecule has 27 heavy (non-hydrogen) atoms. The van der Waals surface area contributed by atoms with Gasteiger partial charge in [0.1, 0.15) is 24.1 Å². The molecule has 1 aromatic carbocycles. The standard InChI is InChI=1S/C18H21N3O6/c1-11(23)19-14-7-8-21(18(25)20-14)17-16(15(24)13(9-22)27-17)26-10-12-5-3-2-4-6-12/h2-8,13,15-17,22,24H,9-10H2,1H3,(H,19,20,23,25)/t13-,15?,16?,17-/m1/s1. The molecule has 0 spiro atoms. The minimum Gasteiger partial charge on any atom is -0.394 e. The first-order valence-electron chi connectivity index (χ1n) is 8.46. The van der Waals surface area contributed by atoms with Gasteiger partial charge in [0.2, 0.25) is 5.91 Å². The van der Waals surface area contributed by atoms with E-state index >= 15 is 0 Å². The van der Waals surface area contributed by atoms with E-state index in [-0.39, 0.29) is 18.3 Å². The summed E-state index contributed by atoms with van der Waals surface area (Å²) in [5.74, 6) is -0.237. The Balaban J connectivity index is 1.82. The van der Waals surface area contributed by atoms with E-state index in [0.29, 0.717) is 0 Å². The Bertz CT molecular complexity index is 840. The first-order chi connectivity index (χ1) is 13.0. The number of hydrogen-bond donors (Lipinski definition) is 3. The van der Waals surface area contributed by atoms with Crippen molar-refractivity contribution in [1.29, 1.82) is 0 Å². The van der Waals surface area contributed by atoms with Gasteiger partial charge >= 0.3 is 5.69 Å². The number of rotatable bonds is 6. The van der Waals surface area contributed by atoms with Crippen LogP contribution in [0.5, 0.6) is 0 Å². The summed E-state index contributed by atoms with van der Waals surface area (Å²) in [4.78, 5) is 27.2. The van der Waals surface area contributed by atoms with Crippen LogP contribution in [0, 0.1) is 0 Å². The van der Waals surface area contributed by atoms with Gasteiger partial charge in [0, 0.05) is 13.1 Å². The maximum Gasteiger partial charge on any atom is 0.351 e. The lowest BCUT2D eigenvalue weighted by Gasteiger charge is -2.22. The van der Waals surface area contributed by atoms with E-state index in [4.69, 9.17) is 9.47 Å². The zero-order valence-electron chi connectivity index (χ0n) is 14.7. The fourth-order valence-corrected chi connectivity index (χ4v) is 2.90. The number of amides is 1. The maximum atomic E-state index is 12.4. The number of hydrogen-bond acceptors (Lipinski definition) is 7. The predicted molar refractivity (Wildman–Crippen MR) is 94.8 cm³/mol. The molecule has 1 saturated heterocycles. The number of benzene rings is 1. The van der Waals surface area contributed by atoms with Crippen molar-refractivity contribution in [3.8, 4) is 0 Å². The molecule has 9 nitrogen and oxygen atoms in total. The van der Waals surface area contributed by atoms with Gasteiger partial charge in [-0.2, -0.15) is 4.98 Å². The number of aliphatic hydroxyl groups excluding tert-OH is 2. The molecule has 0 saturated carbocycles. The van der Waals surface area contributed by atoms with E-state index < -0.39 is 36.8 Å². The van der Waals surface area contributed by atoms with Crippen molar-refractivity contribution < 1.29 is 24.5 Å². The van der Waals surface area contributed by atoms with Crippen LogP contribution in [0.4, 0.5) is 5.82 Å². The molecule has 1 aromatic heterocycles. The van der Waals surface area contributed by atoms with Crippen molar-refractivity contribution >= 4 is 11.7 Å². The van der Waals surface area contributed by atoms with Gasteiger partial charge in [0.15, 0.2) is 6.23 Å². The molecule has 9 heteroatoms. The quantitative estimate of drug-likeness (QED) is 0.651. The molecule has 2 unspecified atom stereocenters. The van der Waals surface area contributed by atoms with E-state index in [0.717, 1.165) is 5.56 Å². The lowest BCUT2D eigenvalue weighted by atomic mass is 10.1. The van der Waals surface area contributed by atoms with Crippen LogP contribution in [0.1, 0.15) is 18.7 Å². The van der Waals surface area contributed by atoms with Crippen LogP contribution in [0.15, 0.2) is 47.4 Å². The summed E-state index contributed by atoms with van der Waals surface area (Å²) in [6, 6.07) is 10.8. The summed E-state index contributed by atoms with van der Waals surface area (Å²) in [7, 11) is 0. The van der Waals surface area contributed by atoms with Gasteiger partial charge in [-0.25, -0.2) is 4.79 Å². The summed E-state index contributed by atoms with van der Waals surface area (Å²) in [6.45, 7) is 1.09. The minimum absolute atomic E-state index is 0.114. The van der Waals surface area contributed by atoms with Crippen LogP contribution >= 0.6 is 0 Å². The maximum absolute atomic E-state index is 12.4. The SMILES string of the molecule is CC(=O)Nc1ccn([C@@H]2O[C@H](CO)C(O)C2OCc2ccccc2)c(=O)n1. The Morgan fingerprint density at radius 1 is 1.33 bits per heavy atom. The van der Waals surface area contributed by atoms with Crippen molar-refractivity contribution in [3.05, 3.63) is 58.6 Å². The molecular weight excluding hydrogens is 354 g/mol. The number of aromatic nitrogens is 2. The summed E-state index contributed by atoms with van der Waals surface area (Å²) in [5.41, 5.74) is 0.215. The molecule has 3 rings (SSSR count). The first kappa shape index (κ1) is 19.2. The summed E-state index contributed by atoms with van der Waals surface area (Å²) >= 11 is 0. The van der Waals surface area contributed by atoms with Crippen LogP contribution in [0.2, 0.25) is 0 Å². The number of carbonyl (C=O) groups is 1. The van der Waals surface area contributed by atoms with Gasteiger partial charge in [-0.3, -0.25) is 9.36 Å². The third-order valence-electron chi connectivity index (χ3n) is 4.19. The van der Waals surface area contributed by atoms with Crippen LogP contribution in [-0.4, -0.2) is 50.6 Å². The summed E-state index contributed by atoms with van der Waals surface area (Å²) in [6.07, 6.45) is -2.46. The second-order valence-electron chi connectivity index (χ2n) is 6.18. The zero-order chi connectivity index (χ0) is 19.4. The van der Waals surface area contributed by atoms with Gasteiger partial charge in [0.05, 0.1) is 13.2 Å². The molecule has 2 aromatic rings. The highest BCUT2D eigenvalue weighted by atomic mass is 16.6. The molecule has 0 bridgehead atoms. The predicted octanol–water partition coefficient (Wildman–Crippen LogP) is 0.0377. The third kappa shape index (κ3) is 4.40. The van der Waals surface area contributed by atoms with Crippen molar-refractivity contribution in [2.45, 2.75) is 38.1 Å². The number of carbonyl (C=O) groups excluding carboxylic acids is 1. The molecule has 0 radical (unpaired) electrons. The zero-order valence-corrected chi connectivity index (χ0v) is 14.7. The molecule has 4 atom stereocenters. The molecule has 3 N–H and O–H groups in total. The average Bonchev–Trinajstić information content (AvgIpc) is 2.96. The fourth-order valence-electron chi connectivity index (χ4n) is 2.90. The molecule has 1 aliphatic heterocycles. The number of ether oxygens (including phenoxy) is 2. The Labute approximate surface area is 155 Å². The monoisotopic (exact) mass is 375 g/mol. The highest BCUT2D eigenvalue weighted by Gasteiger charge is 2.45. The number of anilines is 1. The van der Waals surface area contributed by atoms with E-state index in [2.05, 4.69) is 10.3 Å². The van der Waals surface area contributed by atoms with Gasteiger partial charge in [-0.05, 0) is 11.6 Å². The fraction of sp³-hybridized carbons (Fsp3) is 0.389. The van der Waals surface area contributed by atoms with E-state index in [1.807, 2.05) is 30.3 Å². The van der Waals surface area contributed by atoms with E-state index in [1.54, 1.807) is 0 Å². The van der Waals surface area contributed by atoms with E-state index in [9.17, 15) is 19.8 Å². The highest BCUT2D eigenvalue weighted by molar-refractivity contribution is 5.87. The largest absolute Gasteiger partial charge is 0.394 e. The topological polar surface area (TPSA) is 123 Å². The normalized spacial score (nSPS) is 24.7. The number of nitrogens with zero attached hydrogens (tertiary/aromatic N) is 2. The summed E-state index contributed by atoms with van der Waals surface area (Å²) in [5, 5.41) is 22.3. The van der Waals surface area contributed by atoms with Gasteiger partial charge < -0.3 is 25.0 Å². The van der Waals surface area contributed by atoms with Crippen LogP contribution in [-0.2, 0) is 20.9 Å². The Hall–Kier alpha value is -2.59. The molecule has 2 heterocycles. The second-order valence-corrected chi connectivity index (χ2v) is 6.18. The molecule has 1 amide bonds. The molecule has 0 aliphatic carbocycles. The Kier molecular flexibility index (Phi) is 5.97. The Morgan fingerprint density at radius 3 is 2.70 bits per heavy atom. The van der Waals surface area contributed by atoms with Crippen LogP contribution < -0.4 is 11.0 Å². The molecular formula is C18H21N3O6. The number of aliphatic hydroxyl groups is 2. The highest BCUT2D eigenvalue weighted by Crippen LogP contribution is 2.31. The minimum atomic E-state index is -1.12. The lowest BCUT2D eigenvalue weighted by Crippen LogP contribution is -2.38. The van der Waals surface area contributed by atoms with E-state index in [1.165, 1.54) is 23.8 Å². The smallest absolute Gasteiger partial charge is 0.351 e. The first-order valence-corrected chi connectivity index (χ1v) is 8.46. The van der Waals surface area contributed by atoms with Crippen molar-refractivity contribution in [3.63, 3.8) is 0 Å². The average molecular weight is 375 g/mol. The van der Waals surface area contributed by atoms with Crippen molar-refractivity contribution in [1.82, 2.24) is 9.55 Å².